The Kier molecular flexibility index (Phi) is 7.08. The minimum atomic E-state index is -0.906. The smallest absolute Gasteiger partial charge is 0.241 e. The standard InChI is InChI=1S/C32H32N2O3/c1-23(36-2)27-18-10-11-19-28(27)32(25-14-6-4-7-15-25,26-16-8-5-9-17-26)33-34-30(35)22-21-24-13-12-20-29(37-3)31(24)34/h4-20,23,33H,21-22H2,1-3H3. The first-order valence-electron chi connectivity index (χ1n) is 12.6. The van der Waals surface area contributed by atoms with Gasteiger partial charge in [0, 0.05) is 13.5 Å². The van der Waals surface area contributed by atoms with Gasteiger partial charge in [-0.05, 0) is 47.2 Å². The second-order valence-corrected chi connectivity index (χ2v) is 9.26. The summed E-state index contributed by atoms with van der Waals surface area (Å²) in [7, 11) is 3.36. The normalized spacial score (nSPS) is 14.2. The number of carbonyl (C=O) groups excluding carboxylic acids is 1. The Balaban J connectivity index is 1.83. The number of carbonyl (C=O) groups is 1. The Morgan fingerprint density at radius 1 is 0.784 bits per heavy atom. The number of hydrazine groups is 1. The van der Waals surface area contributed by atoms with Gasteiger partial charge in [-0.1, -0.05) is 97.1 Å². The molecule has 0 saturated heterocycles. The first-order chi connectivity index (χ1) is 18.1. The van der Waals surface area contributed by atoms with Gasteiger partial charge in [0.05, 0.1) is 13.2 Å². The molecule has 0 aromatic heterocycles. The highest BCUT2D eigenvalue weighted by Gasteiger charge is 2.43. The predicted octanol–water partition coefficient (Wildman–Crippen LogP) is 6.18. The molecular formula is C32H32N2O3. The highest BCUT2D eigenvalue weighted by molar-refractivity contribution is 5.97. The number of ether oxygens (including phenoxy) is 2. The summed E-state index contributed by atoms with van der Waals surface area (Å²) >= 11 is 0. The van der Waals surface area contributed by atoms with Gasteiger partial charge in [0.1, 0.15) is 17.0 Å². The number of anilines is 1. The largest absolute Gasteiger partial charge is 0.495 e. The Bertz CT molecular complexity index is 1320. The molecule has 0 aliphatic carbocycles. The van der Waals surface area contributed by atoms with E-state index in [-0.39, 0.29) is 12.0 Å². The Morgan fingerprint density at radius 3 is 2.03 bits per heavy atom. The topological polar surface area (TPSA) is 50.8 Å². The molecule has 1 amide bonds. The van der Waals surface area contributed by atoms with E-state index in [1.165, 1.54) is 0 Å². The second-order valence-electron chi connectivity index (χ2n) is 9.26. The number of amides is 1. The summed E-state index contributed by atoms with van der Waals surface area (Å²) in [5, 5.41) is 1.70. The number of benzene rings is 4. The van der Waals surface area contributed by atoms with E-state index in [1.54, 1.807) is 19.2 Å². The van der Waals surface area contributed by atoms with Crippen LogP contribution in [0.25, 0.3) is 0 Å². The van der Waals surface area contributed by atoms with Gasteiger partial charge >= 0.3 is 0 Å². The molecule has 0 saturated carbocycles. The summed E-state index contributed by atoms with van der Waals surface area (Å²) in [5.74, 6) is 0.650. The molecular weight excluding hydrogens is 460 g/mol. The van der Waals surface area contributed by atoms with Crippen LogP contribution in [0.3, 0.4) is 0 Å². The van der Waals surface area contributed by atoms with Crippen molar-refractivity contribution in [2.24, 2.45) is 0 Å². The third-order valence-corrected chi connectivity index (χ3v) is 7.23. The van der Waals surface area contributed by atoms with Crippen molar-refractivity contribution >= 4 is 11.6 Å². The Labute approximate surface area is 218 Å². The van der Waals surface area contributed by atoms with Gasteiger partial charge in [-0.3, -0.25) is 4.79 Å². The molecule has 1 N–H and O–H groups in total. The van der Waals surface area contributed by atoms with Gasteiger partial charge in [0.25, 0.3) is 0 Å². The lowest BCUT2D eigenvalue weighted by Gasteiger charge is -2.44. The number of fused-ring (bicyclic) bond motifs is 1. The van der Waals surface area contributed by atoms with Crippen LogP contribution >= 0.6 is 0 Å². The van der Waals surface area contributed by atoms with Crippen molar-refractivity contribution in [3.63, 3.8) is 0 Å². The maximum atomic E-state index is 13.7. The highest BCUT2D eigenvalue weighted by Crippen LogP contribution is 2.43. The van der Waals surface area contributed by atoms with Gasteiger partial charge in [0.15, 0.2) is 0 Å². The maximum absolute atomic E-state index is 13.7. The van der Waals surface area contributed by atoms with E-state index >= 15 is 0 Å². The molecule has 0 spiro atoms. The minimum Gasteiger partial charge on any atom is -0.495 e. The highest BCUT2D eigenvalue weighted by atomic mass is 16.5. The lowest BCUT2D eigenvalue weighted by Crippen LogP contribution is -2.57. The van der Waals surface area contributed by atoms with Crippen LogP contribution in [0.4, 0.5) is 5.69 Å². The quantitative estimate of drug-likeness (QED) is 0.299. The number of para-hydroxylation sites is 1. The van der Waals surface area contributed by atoms with E-state index in [4.69, 9.17) is 9.47 Å². The Morgan fingerprint density at radius 2 is 1.41 bits per heavy atom. The average molecular weight is 493 g/mol. The Hall–Kier alpha value is -3.93. The fourth-order valence-corrected chi connectivity index (χ4v) is 5.32. The molecule has 5 rings (SSSR count). The van der Waals surface area contributed by atoms with E-state index in [0.717, 1.165) is 33.5 Å². The molecule has 0 bridgehead atoms. The number of methoxy groups -OCH3 is 2. The second kappa shape index (κ2) is 10.6. The summed E-state index contributed by atoms with van der Waals surface area (Å²) in [5.41, 5.74) is 8.75. The maximum Gasteiger partial charge on any atom is 0.241 e. The fraction of sp³-hybridized carbons (Fsp3) is 0.219. The summed E-state index contributed by atoms with van der Waals surface area (Å²) in [4.78, 5) is 13.7. The first kappa shape index (κ1) is 24.8. The zero-order valence-corrected chi connectivity index (χ0v) is 21.5. The molecule has 1 heterocycles. The third-order valence-electron chi connectivity index (χ3n) is 7.23. The molecule has 0 radical (unpaired) electrons. The molecule has 37 heavy (non-hydrogen) atoms. The van der Waals surface area contributed by atoms with Crippen LogP contribution < -0.4 is 15.2 Å². The van der Waals surface area contributed by atoms with Crippen LogP contribution in [0.15, 0.2) is 103 Å². The third kappa shape index (κ3) is 4.41. The van der Waals surface area contributed by atoms with Crippen molar-refractivity contribution in [3.8, 4) is 5.75 Å². The monoisotopic (exact) mass is 492 g/mol. The van der Waals surface area contributed by atoms with Crippen molar-refractivity contribution < 1.29 is 14.3 Å². The summed E-state index contributed by atoms with van der Waals surface area (Å²) in [6, 6.07) is 34.8. The van der Waals surface area contributed by atoms with Crippen LogP contribution in [-0.4, -0.2) is 20.1 Å². The van der Waals surface area contributed by atoms with E-state index < -0.39 is 5.54 Å². The van der Waals surface area contributed by atoms with Crippen molar-refractivity contribution in [3.05, 3.63) is 131 Å². The zero-order valence-electron chi connectivity index (χ0n) is 21.5. The lowest BCUT2D eigenvalue weighted by molar-refractivity contribution is -0.119. The van der Waals surface area contributed by atoms with Gasteiger partial charge in [-0.2, -0.15) is 0 Å². The number of aryl methyl sites for hydroxylation is 1. The molecule has 4 aromatic rings. The number of hydrogen-bond acceptors (Lipinski definition) is 4. The van der Waals surface area contributed by atoms with Gasteiger partial charge in [0.2, 0.25) is 5.91 Å². The van der Waals surface area contributed by atoms with Gasteiger partial charge in [-0.25, -0.2) is 10.4 Å². The van der Waals surface area contributed by atoms with Gasteiger partial charge in [-0.15, -0.1) is 0 Å². The molecule has 188 valence electrons. The van der Waals surface area contributed by atoms with Crippen LogP contribution in [0, 0.1) is 0 Å². The van der Waals surface area contributed by atoms with Crippen LogP contribution in [0.2, 0.25) is 0 Å². The van der Waals surface area contributed by atoms with Crippen LogP contribution in [-0.2, 0) is 21.5 Å². The molecule has 1 aliphatic rings. The molecule has 5 heteroatoms. The predicted molar refractivity (Wildman–Crippen MR) is 147 cm³/mol. The van der Waals surface area contributed by atoms with Gasteiger partial charge < -0.3 is 9.47 Å². The van der Waals surface area contributed by atoms with Crippen molar-refractivity contribution in [1.29, 1.82) is 0 Å². The molecule has 4 aromatic carbocycles. The average Bonchev–Trinajstić information content (AvgIpc) is 2.97. The van der Waals surface area contributed by atoms with Crippen LogP contribution in [0.5, 0.6) is 5.75 Å². The molecule has 1 atom stereocenters. The SMILES string of the molecule is COc1cccc2c1N(NC(c1ccccc1)(c1ccccc1)c1ccccc1C(C)OC)C(=O)CC2. The summed E-state index contributed by atoms with van der Waals surface area (Å²) in [6.45, 7) is 2.05. The number of rotatable bonds is 8. The lowest BCUT2D eigenvalue weighted by atomic mass is 9.75. The van der Waals surface area contributed by atoms with Crippen LogP contribution in [0.1, 0.15) is 47.3 Å². The number of nitrogens with one attached hydrogen (secondary N) is 1. The first-order valence-corrected chi connectivity index (χ1v) is 12.6. The van der Waals surface area contributed by atoms with Crippen molar-refractivity contribution in [2.45, 2.75) is 31.4 Å². The van der Waals surface area contributed by atoms with Crippen molar-refractivity contribution in [2.75, 3.05) is 19.2 Å². The zero-order chi connectivity index (χ0) is 25.8. The number of hydrogen-bond donors (Lipinski definition) is 1. The molecule has 5 nitrogen and oxygen atoms in total. The minimum absolute atomic E-state index is 0.00879. The van der Waals surface area contributed by atoms with E-state index in [2.05, 4.69) is 47.9 Å². The van der Waals surface area contributed by atoms with Crippen molar-refractivity contribution in [1.82, 2.24) is 5.43 Å². The summed E-state index contributed by atoms with van der Waals surface area (Å²) in [6.07, 6.45) is 0.914. The molecule has 1 unspecified atom stereocenters. The summed E-state index contributed by atoms with van der Waals surface area (Å²) < 4.78 is 11.6. The molecule has 1 aliphatic heterocycles. The van der Waals surface area contributed by atoms with E-state index in [1.807, 2.05) is 67.6 Å². The van der Waals surface area contributed by atoms with E-state index in [0.29, 0.717) is 18.6 Å². The number of nitrogens with zero attached hydrogens (tertiary/aromatic N) is 1. The van der Waals surface area contributed by atoms with E-state index in [9.17, 15) is 4.79 Å². The molecule has 0 fully saturated rings. The fourth-order valence-electron chi connectivity index (χ4n) is 5.32.